The third-order valence-electron chi connectivity index (χ3n) is 7.83. The molecule has 2 heterocycles. The summed E-state index contributed by atoms with van der Waals surface area (Å²) in [5.74, 6) is 1.36. The minimum atomic E-state index is -0.405. The number of anilines is 2. The van der Waals surface area contributed by atoms with E-state index < -0.39 is 6.09 Å². The van der Waals surface area contributed by atoms with Crippen molar-refractivity contribution in [3.63, 3.8) is 0 Å². The lowest BCUT2D eigenvalue weighted by molar-refractivity contribution is 0.108. The Bertz CT molecular complexity index is 1400. The van der Waals surface area contributed by atoms with E-state index in [1.54, 1.807) is 6.20 Å². The van der Waals surface area contributed by atoms with E-state index in [1.165, 1.54) is 6.42 Å². The van der Waals surface area contributed by atoms with Crippen molar-refractivity contribution in [2.75, 3.05) is 17.7 Å². The first-order chi connectivity index (χ1) is 18.6. The highest BCUT2D eigenvalue weighted by molar-refractivity contribution is 6.01. The molecule has 38 heavy (non-hydrogen) atoms. The lowest BCUT2D eigenvalue weighted by Gasteiger charge is -2.30. The minimum Gasteiger partial charge on any atom is -0.493 e. The van der Waals surface area contributed by atoms with Crippen LogP contribution >= 0.6 is 0 Å². The van der Waals surface area contributed by atoms with Crippen molar-refractivity contribution in [1.82, 2.24) is 14.1 Å². The highest BCUT2D eigenvalue weighted by Gasteiger charge is 2.31. The number of carbonyl (C=O) groups excluding carboxylic acids is 1. The molecule has 2 fully saturated rings. The lowest BCUT2D eigenvalue weighted by Crippen LogP contribution is -2.21. The first-order valence-electron chi connectivity index (χ1n) is 13.7. The molecule has 0 spiro atoms. The largest absolute Gasteiger partial charge is 0.493 e. The van der Waals surface area contributed by atoms with Gasteiger partial charge < -0.3 is 24.3 Å². The van der Waals surface area contributed by atoms with E-state index >= 15 is 0 Å². The second-order valence-electron chi connectivity index (χ2n) is 10.5. The summed E-state index contributed by atoms with van der Waals surface area (Å²) in [6, 6.07) is 14.5. The Morgan fingerprint density at radius 2 is 1.97 bits per heavy atom. The van der Waals surface area contributed by atoms with Gasteiger partial charge in [-0.1, -0.05) is 12.1 Å². The van der Waals surface area contributed by atoms with Crippen molar-refractivity contribution >= 4 is 28.4 Å². The molecule has 8 heteroatoms. The molecule has 0 saturated heterocycles. The number of hydrogen-bond donors (Lipinski definition) is 2. The van der Waals surface area contributed by atoms with Gasteiger partial charge in [0.05, 0.1) is 29.8 Å². The number of amides is 1. The molecule has 2 aliphatic rings. The van der Waals surface area contributed by atoms with Gasteiger partial charge in [-0.05, 0) is 75.6 Å². The molecule has 6 rings (SSSR count). The Balaban J connectivity index is 1.21. The van der Waals surface area contributed by atoms with E-state index in [0.29, 0.717) is 24.3 Å². The molecule has 0 unspecified atom stereocenters. The predicted molar refractivity (Wildman–Crippen MR) is 149 cm³/mol. The molecule has 0 bridgehead atoms. The lowest BCUT2D eigenvalue weighted by atomic mass is 9.92. The summed E-state index contributed by atoms with van der Waals surface area (Å²) in [6.45, 7) is 3.47. The van der Waals surface area contributed by atoms with Gasteiger partial charge in [0.15, 0.2) is 0 Å². The Kier molecular flexibility index (Phi) is 6.70. The van der Waals surface area contributed by atoms with Crippen LogP contribution in [-0.4, -0.2) is 32.9 Å². The monoisotopic (exact) mass is 513 g/mol. The third-order valence-corrected chi connectivity index (χ3v) is 7.83. The predicted octanol–water partition coefficient (Wildman–Crippen LogP) is 6.63. The fourth-order valence-corrected chi connectivity index (χ4v) is 5.27. The number of imidazole rings is 1. The molecule has 0 radical (unpaired) electrons. The van der Waals surface area contributed by atoms with Crippen LogP contribution in [0.15, 0.2) is 61.2 Å². The molecular weight excluding hydrogens is 478 g/mol. The first kappa shape index (κ1) is 24.4. The molecule has 1 amide bonds. The summed E-state index contributed by atoms with van der Waals surface area (Å²) in [4.78, 5) is 16.4. The van der Waals surface area contributed by atoms with E-state index in [4.69, 9.17) is 15.2 Å². The van der Waals surface area contributed by atoms with Crippen LogP contribution in [0, 0.1) is 5.92 Å². The maximum Gasteiger partial charge on any atom is 0.411 e. The summed E-state index contributed by atoms with van der Waals surface area (Å²) in [5.41, 5.74) is 11.4. The normalized spacial score (nSPS) is 16.2. The fraction of sp³-hybridized carbons (Fsp3) is 0.400. The van der Waals surface area contributed by atoms with E-state index in [0.717, 1.165) is 72.2 Å². The van der Waals surface area contributed by atoms with E-state index in [2.05, 4.69) is 31.6 Å². The molecule has 1 atom stereocenters. The quantitative estimate of drug-likeness (QED) is 0.232. The zero-order valence-corrected chi connectivity index (χ0v) is 21.8. The van der Waals surface area contributed by atoms with E-state index in [9.17, 15) is 4.79 Å². The summed E-state index contributed by atoms with van der Waals surface area (Å²) in [6.07, 6.45) is 11.8. The number of benzene rings is 2. The summed E-state index contributed by atoms with van der Waals surface area (Å²) in [7, 11) is 0. The van der Waals surface area contributed by atoms with Crippen LogP contribution in [0.2, 0.25) is 0 Å². The molecule has 2 saturated carbocycles. The molecule has 0 aliphatic heterocycles. The third kappa shape index (κ3) is 5.08. The van der Waals surface area contributed by atoms with Crippen molar-refractivity contribution < 1.29 is 14.3 Å². The van der Waals surface area contributed by atoms with Gasteiger partial charge in [0.1, 0.15) is 11.9 Å². The second-order valence-corrected chi connectivity index (χ2v) is 10.5. The van der Waals surface area contributed by atoms with Crippen LogP contribution < -0.4 is 15.8 Å². The number of nitrogens with one attached hydrogen (secondary N) is 1. The Labute approximate surface area is 222 Å². The second kappa shape index (κ2) is 10.4. The molecule has 2 aliphatic carbocycles. The van der Waals surface area contributed by atoms with Crippen molar-refractivity contribution in [2.45, 2.75) is 64.1 Å². The first-order valence-corrected chi connectivity index (χ1v) is 13.7. The maximum absolute atomic E-state index is 12.3. The molecular formula is C30H35N5O3. The van der Waals surface area contributed by atoms with E-state index in [-0.39, 0.29) is 6.10 Å². The van der Waals surface area contributed by atoms with Gasteiger partial charge in [-0.3, -0.25) is 5.32 Å². The van der Waals surface area contributed by atoms with Crippen molar-refractivity contribution in [1.29, 1.82) is 0 Å². The van der Waals surface area contributed by atoms with Crippen molar-refractivity contribution in [3.8, 4) is 17.0 Å². The van der Waals surface area contributed by atoms with Crippen molar-refractivity contribution in [2.24, 2.45) is 5.92 Å². The van der Waals surface area contributed by atoms with Gasteiger partial charge >= 0.3 is 6.09 Å². The van der Waals surface area contributed by atoms with Crippen molar-refractivity contribution in [3.05, 3.63) is 61.2 Å². The average molecular weight is 514 g/mol. The number of rotatable bonds is 10. The number of aryl methyl sites for hydroxylation is 1. The number of hydrogen-bond acceptors (Lipinski definition) is 5. The number of fused-ring (bicyclic) bond motifs is 1. The number of nitrogens with two attached hydrogens (primary N) is 1. The van der Waals surface area contributed by atoms with Gasteiger partial charge in [0.25, 0.3) is 0 Å². The van der Waals surface area contributed by atoms with Crippen LogP contribution in [0.4, 0.5) is 16.2 Å². The summed E-state index contributed by atoms with van der Waals surface area (Å²) in [5, 5.41) is 3.89. The van der Waals surface area contributed by atoms with Crippen LogP contribution in [0.5, 0.6) is 5.75 Å². The summed E-state index contributed by atoms with van der Waals surface area (Å²) < 4.78 is 16.1. The van der Waals surface area contributed by atoms with Crippen LogP contribution in [0.3, 0.4) is 0 Å². The molecule has 8 nitrogen and oxygen atoms in total. The topological polar surface area (TPSA) is 96.3 Å². The molecule has 2 aromatic carbocycles. The molecule has 4 aromatic rings. The van der Waals surface area contributed by atoms with Gasteiger partial charge in [-0.25, -0.2) is 9.78 Å². The van der Waals surface area contributed by atoms with Gasteiger partial charge in [-0.2, -0.15) is 0 Å². The molecule has 198 valence electrons. The standard InChI is InChI=1S/C30H35N5O3/c1-20(21-6-7-21)38-30(36)33-23-10-8-22(9-11-23)29-28(31)26-13-12-25(18-27(26)35(29)24-4-2-5-24)37-17-3-15-34-16-14-32-19-34/h8-14,16,18-21,24H,2-7,15,17,31H2,1H3,(H,33,36)/t20-/m1/s1. The zero-order valence-electron chi connectivity index (χ0n) is 21.8. The molecule has 2 aromatic heterocycles. The minimum absolute atomic E-state index is 0.0437. The van der Waals surface area contributed by atoms with Crippen LogP contribution in [0.1, 0.15) is 51.5 Å². The highest BCUT2D eigenvalue weighted by Crippen LogP contribution is 2.45. The Morgan fingerprint density at radius 3 is 2.66 bits per heavy atom. The van der Waals surface area contributed by atoms with Gasteiger partial charge in [-0.15, -0.1) is 0 Å². The smallest absolute Gasteiger partial charge is 0.411 e. The van der Waals surface area contributed by atoms with E-state index in [1.807, 2.05) is 49.8 Å². The highest BCUT2D eigenvalue weighted by atomic mass is 16.6. The van der Waals surface area contributed by atoms with Crippen LogP contribution in [0.25, 0.3) is 22.2 Å². The maximum atomic E-state index is 12.3. The van der Waals surface area contributed by atoms with Gasteiger partial charge in [0, 0.05) is 47.7 Å². The van der Waals surface area contributed by atoms with Gasteiger partial charge in [0.2, 0.25) is 0 Å². The Hall–Kier alpha value is -3.94. The number of ether oxygens (including phenoxy) is 2. The summed E-state index contributed by atoms with van der Waals surface area (Å²) >= 11 is 0. The number of nitrogens with zero attached hydrogens (tertiary/aromatic N) is 3. The number of carbonyl (C=O) groups is 1. The number of nitrogen functional groups attached to an aromatic ring is 1. The zero-order chi connectivity index (χ0) is 26.1. The Morgan fingerprint density at radius 1 is 1.16 bits per heavy atom. The SMILES string of the molecule is C[C@@H](OC(=O)Nc1ccc(-c2c(N)c3ccc(OCCCn4ccnc4)cc3n2C2CCC2)cc1)C1CC1. The number of aromatic nitrogens is 3. The molecule has 3 N–H and O–H groups in total. The fourth-order valence-electron chi connectivity index (χ4n) is 5.27. The van der Waals surface area contributed by atoms with Crippen LogP contribution in [-0.2, 0) is 11.3 Å². The average Bonchev–Trinajstić information content (AvgIpc) is 3.54.